The van der Waals surface area contributed by atoms with Crippen LogP contribution in [-0.2, 0) is 19.2 Å². The molecule has 4 amide bonds. The molecule has 122 valence electrons. The molecule has 0 saturated carbocycles. The molecule has 0 saturated heterocycles. The molecule has 2 aliphatic rings. The Kier molecular flexibility index (Phi) is 4.05. The molecule has 0 unspecified atom stereocenters. The van der Waals surface area contributed by atoms with Crippen LogP contribution in [0.25, 0.3) is 0 Å². The van der Waals surface area contributed by atoms with Crippen molar-refractivity contribution < 1.29 is 19.2 Å². The smallest absolute Gasteiger partial charge is 0.269 e. The summed E-state index contributed by atoms with van der Waals surface area (Å²) in [4.78, 5) is 50.7. The van der Waals surface area contributed by atoms with Gasteiger partial charge >= 0.3 is 0 Å². The third-order valence-electron chi connectivity index (χ3n) is 3.82. The van der Waals surface area contributed by atoms with Gasteiger partial charge in [-0.1, -0.05) is 6.07 Å². The van der Waals surface area contributed by atoms with E-state index in [0.717, 1.165) is 9.80 Å². The zero-order valence-corrected chi connectivity index (χ0v) is 15.8. The lowest BCUT2D eigenvalue weighted by atomic mass is 10.0. The third-order valence-corrected chi connectivity index (χ3v) is 4.96. The highest BCUT2D eigenvalue weighted by Gasteiger charge is 2.36. The van der Waals surface area contributed by atoms with Gasteiger partial charge in [-0.2, -0.15) is 0 Å². The van der Waals surface area contributed by atoms with Crippen LogP contribution in [0.5, 0.6) is 0 Å². The van der Waals surface area contributed by atoms with Crippen LogP contribution < -0.4 is 9.80 Å². The maximum absolute atomic E-state index is 12.3. The second-order valence-corrected chi connectivity index (χ2v) is 7.03. The van der Waals surface area contributed by atoms with Crippen molar-refractivity contribution in [1.82, 2.24) is 0 Å². The molecule has 2 heterocycles. The highest BCUT2D eigenvalue weighted by molar-refractivity contribution is 9.12. The molecule has 1 aromatic carbocycles. The molecule has 0 aromatic heterocycles. The van der Waals surface area contributed by atoms with Crippen LogP contribution in [0.4, 0.5) is 11.4 Å². The minimum atomic E-state index is -0.490. The number of rotatable bonds is 2. The number of aryl methyl sites for hydroxylation is 1. The maximum atomic E-state index is 12.3. The summed E-state index contributed by atoms with van der Waals surface area (Å²) < 4.78 is 0.321. The molecule has 0 N–H and O–H groups in total. The molecule has 0 aliphatic carbocycles. The van der Waals surface area contributed by atoms with E-state index in [4.69, 9.17) is 0 Å². The number of benzene rings is 1. The summed E-state index contributed by atoms with van der Waals surface area (Å²) >= 11 is 6.11. The van der Waals surface area contributed by atoms with Crippen molar-refractivity contribution in [3.63, 3.8) is 0 Å². The molecule has 6 nitrogen and oxygen atoms in total. The summed E-state index contributed by atoms with van der Waals surface area (Å²) in [5, 5.41) is 0. The highest BCUT2D eigenvalue weighted by atomic mass is 79.9. The second-order valence-electron chi connectivity index (χ2n) is 5.32. The summed E-state index contributed by atoms with van der Waals surface area (Å²) in [5.74, 6) is -1.94. The predicted octanol–water partition coefficient (Wildman–Crippen LogP) is 2.61. The predicted molar refractivity (Wildman–Crippen MR) is 94.9 cm³/mol. The number of carbonyl (C=O) groups is 4. The third kappa shape index (κ3) is 2.37. The van der Waals surface area contributed by atoms with Gasteiger partial charge < -0.3 is 0 Å². The molecule has 0 spiro atoms. The molecular formula is C16H10Br2N2O4. The first-order valence-electron chi connectivity index (χ1n) is 6.85. The molecular weight excluding hydrogens is 444 g/mol. The van der Waals surface area contributed by atoms with E-state index in [-0.39, 0.29) is 8.96 Å². The van der Waals surface area contributed by atoms with E-state index >= 15 is 0 Å². The second kappa shape index (κ2) is 5.78. The minimum Gasteiger partial charge on any atom is -0.269 e. The van der Waals surface area contributed by atoms with Crippen molar-refractivity contribution in [1.29, 1.82) is 0 Å². The quantitative estimate of drug-likeness (QED) is 0.645. The standard InChI is InChI=1S/C16H10Br2N2O4/c1-7-3-4-11(19-12(21)5-9(17)15(19)23)8(2)14(7)20-13(22)6-10(18)16(20)24/h3-6H,1-2H3. The van der Waals surface area contributed by atoms with Crippen molar-refractivity contribution in [2.75, 3.05) is 9.80 Å². The van der Waals surface area contributed by atoms with Gasteiger partial charge in [-0.25, -0.2) is 9.80 Å². The Morgan fingerprint density at radius 3 is 1.75 bits per heavy atom. The zero-order chi connectivity index (χ0) is 17.8. The lowest BCUT2D eigenvalue weighted by Crippen LogP contribution is -2.34. The maximum Gasteiger partial charge on any atom is 0.272 e. The Morgan fingerprint density at radius 1 is 0.792 bits per heavy atom. The largest absolute Gasteiger partial charge is 0.272 e. The number of anilines is 2. The summed E-state index contributed by atoms with van der Waals surface area (Å²) in [6.07, 6.45) is 2.38. The van der Waals surface area contributed by atoms with E-state index in [9.17, 15) is 19.2 Å². The Hall–Kier alpha value is -2.06. The number of nitrogens with zero attached hydrogens (tertiary/aromatic N) is 2. The van der Waals surface area contributed by atoms with E-state index in [0.29, 0.717) is 22.5 Å². The average molecular weight is 454 g/mol. The molecule has 0 fully saturated rings. The van der Waals surface area contributed by atoms with E-state index in [2.05, 4.69) is 31.9 Å². The Labute approximate surface area is 154 Å². The number of halogens is 2. The topological polar surface area (TPSA) is 74.8 Å². The fourth-order valence-electron chi connectivity index (χ4n) is 2.73. The monoisotopic (exact) mass is 452 g/mol. The normalized spacial score (nSPS) is 17.8. The number of imide groups is 2. The zero-order valence-electron chi connectivity index (χ0n) is 12.6. The van der Waals surface area contributed by atoms with Gasteiger partial charge in [0.2, 0.25) is 0 Å². The van der Waals surface area contributed by atoms with Crippen LogP contribution in [0.1, 0.15) is 11.1 Å². The molecule has 0 radical (unpaired) electrons. The van der Waals surface area contributed by atoms with Crippen LogP contribution in [0, 0.1) is 13.8 Å². The van der Waals surface area contributed by atoms with Crippen molar-refractivity contribution in [3.8, 4) is 0 Å². The first-order chi connectivity index (χ1) is 11.2. The van der Waals surface area contributed by atoms with E-state index in [1.807, 2.05) is 0 Å². The molecule has 0 atom stereocenters. The first kappa shape index (κ1) is 16.8. The van der Waals surface area contributed by atoms with Crippen LogP contribution in [0.2, 0.25) is 0 Å². The van der Waals surface area contributed by atoms with Gasteiger partial charge in [0, 0.05) is 12.2 Å². The van der Waals surface area contributed by atoms with Gasteiger partial charge in [-0.3, -0.25) is 19.2 Å². The van der Waals surface area contributed by atoms with Gasteiger partial charge in [0.1, 0.15) is 0 Å². The Morgan fingerprint density at radius 2 is 1.29 bits per heavy atom. The number of hydrogen-bond acceptors (Lipinski definition) is 4. The van der Waals surface area contributed by atoms with Crippen molar-refractivity contribution in [2.45, 2.75) is 13.8 Å². The number of carbonyl (C=O) groups excluding carboxylic acids is 4. The summed E-state index contributed by atoms with van der Waals surface area (Å²) in [5.41, 5.74) is 1.88. The van der Waals surface area contributed by atoms with Crippen LogP contribution in [0.3, 0.4) is 0 Å². The minimum absolute atomic E-state index is 0.159. The van der Waals surface area contributed by atoms with Gasteiger partial charge in [-0.05, 0) is 62.9 Å². The summed E-state index contributed by atoms with van der Waals surface area (Å²) in [6.45, 7) is 3.41. The number of amides is 4. The van der Waals surface area contributed by atoms with Crippen LogP contribution >= 0.6 is 31.9 Å². The Bertz CT molecular complexity index is 902. The fourth-order valence-corrected chi connectivity index (χ4v) is 3.48. The number of hydrogen-bond donors (Lipinski definition) is 0. The molecule has 24 heavy (non-hydrogen) atoms. The lowest BCUT2D eigenvalue weighted by molar-refractivity contribution is -0.121. The average Bonchev–Trinajstić information content (AvgIpc) is 2.90. The lowest BCUT2D eigenvalue weighted by Gasteiger charge is -2.24. The van der Waals surface area contributed by atoms with E-state index < -0.39 is 23.6 Å². The molecule has 2 aliphatic heterocycles. The van der Waals surface area contributed by atoms with E-state index in [1.165, 1.54) is 12.2 Å². The summed E-state index contributed by atoms with van der Waals surface area (Å²) in [7, 11) is 0. The van der Waals surface area contributed by atoms with Crippen molar-refractivity contribution in [2.24, 2.45) is 0 Å². The van der Waals surface area contributed by atoms with Gasteiger partial charge in [0.25, 0.3) is 23.6 Å². The van der Waals surface area contributed by atoms with Gasteiger partial charge in [0.15, 0.2) is 0 Å². The molecule has 8 heteroatoms. The van der Waals surface area contributed by atoms with Crippen molar-refractivity contribution in [3.05, 3.63) is 44.4 Å². The molecule has 0 bridgehead atoms. The SMILES string of the molecule is Cc1ccc(N2C(=O)C=C(Br)C2=O)c(C)c1N1C(=O)C=C(Br)C1=O. The van der Waals surface area contributed by atoms with Gasteiger partial charge in [0.05, 0.1) is 20.3 Å². The molecule has 1 aromatic rings. The summed E-state index contributed by atoms with van der Waals surface area (Å²) in [6, 6.07) is 3.29. The molecule has 3 rings (SSSR count). The van der Waals surface area contributed by atoms with E-state index in [1.54, 1.807) is 26.0 Å². The van der Waals surface area contributed by atoms with Crippen molar-refractivity contribution >= 4 is 66.9 Å². The first-order valence-corrected chi connectivity index (χ1v) is 8.44. The highest BCUT2D eigenvalue weighted by Crippen LogP contribution is 2.38. The van der Waals surface area contributed by atoms with Crippen LogP contribution in [-0.4, -0.2) is 23.6 Å². The fraction of sp³-hybridized carbons (Fsp3) is 0.125. The van der Waals surface area contributed by atoms with Crippen LogP contribution in [0.15, 0.2) is 33.2 Å². The van der Waals surface area contributed by atoms with Gasteiger partial charge in [-0.15, -0.1) is 0 Å². The Balaban J connectivity index is 2.14.